The third kappa shape index (κ3) is 3.53. The Morgan fingerprint density at radius 1 is 1.07 bits per heavy atom. The van der Waals surface area contributed by atoms with Crippen LogP contribution in [0.3, 0.4) is 0 Å². The molecule has 0 radical (unpaired) electrons. The Morgan fingerprint density at radius 2 is 1.79 bits per heavy atom. The van der Waals surface area contributed by atoms with Crippen LogP contribution < -0.4 is 5.32 Å². The van der Waals surface area contributed by atoms with E-state index in [1.54, 1.807) is 25.1 Å². The van der Waals surface area contributed by atoms with E-state index in [-0.39, 0.29) is 11.7 Å². The van der Waals surface area contributed by atoms with Crippen molar-refractivity contribution in [3.8, 4) is 0 Å². The standard InChI is InChI=1S/C24H23FN2O2/c1-14-8-3-6-11-18(14)27-24(29)21-15(2)26-19-12-7-13-20(28)23(19)22(21)16-9-4-5-10-17(16)25/h3-6,8-11,21-22H,7,12-13H2,1-2H3,(H,27,29)/t21?,22-/m1/s1. The van der Waals surface area contributed by atoms with Gasteiger partial charge in [0, 0.05) is 35.0 Å². The number of carbonyl (C=O) groups is 2. The summed E-state index contributed by atoms with van der Waals surface area (Å²) in [5.74, 6) is -2.14. The van der Waals surface area contributed by atoms with Crippen molar-refractivity contribution in [1.82, 2.24) is 0 Å². The van der Waals surface area contributed by atoms with E-state index in [1.165, 1.54) is 6.07 Å². The van der Waals surface area contributed by atoms with Gasteiger partial charge in [0.25, 0.3) is 0 Å². The largest absolute Gasteiger partial charge is 0.325 e. The van der Waals surface area contributed by atoms with Gasteiger partial charge in [0.05, 0.1) is 5.92 Å². The molecule has 29 heavy (non-hydrogen) atoms. The molecule has 148 valence electrons. The minimum absolute atomic E-state index is 0.0376. The average Bonchev–Trinajstić information content (AvgIpc) is 2.69. The quantitative estimate of drug-likeness (QED) is 0.806. The highest BCUT2D eigenvalue weighted by molar-refractivity contribution is 6.13. The second-order valence-electron chi connectivity index (χ2n) is 7.67. The molecule has 1 aliphatic heterocycles. The fraction of sp³-hybridized carbons (Fsp3) is 0.292. The molecule has 2 aromatic carbocycles. The van der Waals surface area contributed by atoms with Crippen LogP contribution >= 0.6 is 0 Å². The van der Waals surface area contributed by atoms with Crippen LogP contribution in [0.25, 0.3) is 0 Å². The van der Waals surface area contributed by atoms with Crippen LogP contribution in [0.5, 0.6) is 0 Å². The second-order valence-corrected chi connectivity index (χ2v) is 7.67. The maximum absolute atomic E-state index is 14.8. The van der Waals surface area contributed by atoms with Crippen LogP contribution in [0.1, 0.15) is 43.2 Å². The Morgan fingerprint density at radius 3 is 2.55 bits per heavy atom. The first-order chi connectivity index (χ1) is 14.0. The Bertz CT molecular complexity index is 1050. The molecule has 0 fully saturated rings. The highest BCUT2D eigenvalue weighted by Gasteiger charge is 2.43. The number of Topliss-reactive ketones (excluding diaryl/α,β-unsaturated/α-hetero) is 1. The van der Waals surface area contributed by atoms with E-state index >= 15 is 0 Å². The number of nitrogens with one attached hydrogen (secondary N) is 1. The predicted octanol–water partition coefficient (Wildman–Crippen LogP) is 4.95. The molecule has 1 unspecified atom stereocenters. The summed E-state index contributed by atoms with van der Waals surface area (Å²) in [7, 11) is 0. The van der Waals surface area contributed by atoms with Gasteiger partial charge in [-0.1, -0.05) is 36.4 Å². The maximum Gasteiger partial charge on any atom is 0.234 e. The molecule has 2 aromatic rings. The van der Waals surface area contributed by atoms with Gasteiger partial charge in [-0.15, -0.1) is 0 Å². The molecule has 1 heterocycles. The van der Waals surface area contributed by atoms with Gasteiger partial charge in [-0.2, -0.15) is 0 Å². The van der Waals surface area contributed by atoms with E-state index in [4.69, 9.17) is 0 Å². The predicted molar refractivity (Wildman–Crippen MR) is 111 cm³/mol. The van der Waals surface area contributed by atoms with Gasteiger partial charge < -0.3 is 5.32 Å². The van der Waals surface area contributed by atoms with Crippen molar-refractivity contribution in [3.05, 3.63) is 76.7 Å². The topological polar surface area (TPSA) is 58.5 Å². The molecule has 0 bridgehead atoms. The fourth-order valence-corrected chi connectivity index (χ4v) is 4.33. The molecule has 2 aliphatic rings. The molecule has 1 amide bonds. The first-order valence-electron chi connectivity index (χ1n) is 9.89. The number of aliphatic imine (C=N–C) groups is 1. The molecule has 0 aromatic heterocycles. The van der Waals surface area contributed by atoms with Crippen molar-refractivity contribution >= 4 is 23.1 Å². The number of para-hydroxylation sites is 1. The summed E-state index contributed by atoms with van der Waals surface area (Å²) in [6, 6.07) is 13.9. The molecule has 4 nitrogen and oxygen atoms in total. The number of hydrogen-bond acceptors (Lipinski definition) is 3. The van der Waals surface area contributed by atoms with Crippen molar-refractivity contribution in [2.75, 3.05) is 5.32 Å². The van der Waals surface area contributed by atoms with E-state index < -0.39 is 17.7 Å². The van der Waals surface area contributed by atoms with Gasteiger partial charge in [0.1, 0.15) is 5.82 Å². The summed E-state index contributed by atoms with van der Waals surface area (Å²) in [5.41, 5.74) is 3.81. The molecular weight excluding hydrogens is 367 g/mol. The number of anilines is 1. The van der Waals surface area contributed by atoms with Gasteiger partial charge in [0.15, 0.2) is 5.78 Å². The van der Waals surface area contributed by atoms with Crippen LogP contribution in [0.15, 0.2) is 64.8 Å². The molecule has 1 N–H and O–H groups in total. The fourth-order valence-electron chi connectivity index (χ4n) is 4.33. The number of rotatable bonds is 3. The number of nitrogens with zero attached hydrogens (tertiary/aromatic N) is 1. The molecule has 4 rings (SSSR count). The molecule has 1 aliphatic carbocycles. The van der Waals surface area contributed by atoms with Crippen molar-refractivity contribution in [1.29, 1.82) is 0 Å². The van der Waals surface area contributed by atoms with Crippen LogP contribution in [0.4, 0.5) is 10.1 Å². The van der Waals surface area contributed by atoms with Crippen molar-refractivity contribution in [3.63, 3.8) is 0 Å². The lowest BCUT2D eigenvalue weighted by atomic mass is 9.71. The van der Waals surface area contributed by atoms with Crippen LogP contribution in [0, 0.1) is 18.7 Å². The number of ketones is 1. The first kappa shape index (κ1) is 19.2. The smallest absolute Gasteiger partial charge is 0.234 e. The van der Waals surface area contributed by atoms with Crippen LogP contribution in [0.2, 0.25) is 0 Å². The highest BCUT2D eigenvalue weighted by atomic mass is 19.1. The SMILES string of the molecule is CC1=NC2=C(C(=O)CCC2)[C@H](c2ccccc2F)C1C(=O)Nc1ccccc1C. The zero-order valence-electron chi connectivity index (χ0n) is 16.5. The maximum atomic E-state index is 14.8. The Kier molecular flexibility index (Phi) is 5.14. The van der Waals surface area contributed by atoms with Gasteiger partial charge in [0.2, 0.25) is 5.91 Å². The third-order valence-electron chi connectivity index (χ3n) is 5.76. The first-order valence-corrected chi connectivity index (χ1v) is 9.89. The zero-order chi connectivity index (χ0) is 20.5. The van der Waals surface area contributed by atoms with Gasteiger partial charge in [-0.25, -0.2) is 4.39 Å². The minimum atomic E-state index is -0.743. The Labute approximate surface area is 169 Å². The number of benzene rings is 2. The van der Waals surface area contributed by atoms with Gasteiger partial charge in [-0.05, 0) is 49.9 Å². The van der Waals surface area contributed by atoms with Crippen LogP contribution in [-0.2, 0) is 9.59 Å². The number of halogens is 1. The molecule has 2 atom stereocenters. The Balaban J connectivity index is 1.81. The molecule has 0 spiro atoms. The van der Waals surface area contributed by atoms with Gasteiger partial charge in [-0.3, -0.25) is 14.6 Å². The van der Waals surface area contributed by atoms with Crippen molar-refractivity contribution in [2.45, 2.75) is 39.0 Å². The summed E-state index contributed by atoms with van der Waals surface area (Å²) in [5, 5.41) is 2.96. The number of aryl methyl sites for hydroxylation is 1. The van der Waals surface area contributed by atoms with E-state index in [1.807, 2.05) is 31.2 Å². The van der Waals surface area contributed by atoms with E-state index in [2.05, 4.69) is 10.3 Å². The second kappa shape index (κ2) is 7.74. The summed E-state index contributed by atoms with van der Waals surface area (Å²) in [4.78, 5) is 30.8. The lowest BCUT2D eigenvalue weighted by Crippen LogP contribution is -2.39. The number of hydrogen-bond donors (Lipinski definition) is 1. The molecule has 5 heteroatoms. The third-order valence-corrected chi connectivity index (χ3v) is 5.76. The average molecular weight is 390 g/mol. The van der Waals surface area contributed by atoms with Crippen molar-refractivity contribution in [2.24, 2.45) is 10.9 Å². The molecular formula is C24H23FN2O2. The lowest BCUT2D eigenvalue weighted by molar-refractivity contribution is -0.119. The number of amides is 1. The van der Waals surface area contributed by atoms with E-state index in [9.17, 15) is 14.0 Å². The summed E-state index contributed by atoms with van der Waals surface area (Å²) < 4.78 is 14.8. The monoisotopic (exact) mass is 390 g/mol. The normalized spacial score (nSPS) is 21.5. The highest BCUT2D eigenvalue weighted by Crippen LogP contribution is 2.44. The van der Waals surface area contributed by atoms with E-state index in [0.717, 1.165) is 12.0 Å². The number of allylic oxidation sites excluding steroid dienone is 2. The lowest BCUT2D eigenvalue weighted by Gasteiger charge is -2.35. The van der Waals surface area contributed by atoms with E-state index in [0.29, 0.717) is 41.1 Å². The van der Waals surface area contributed by atoms with Gasteiger partial charge >= 0.3 is 0 Å². The minimum Gasteiger partial charge on any atom is -0.325 e. The van der Waals surface area contributed by atoms with Crippen LogP contribution in [-0.4, -0.2) is 17.4 Å². The van der Waals surface area contributed by atoms with Crippen molar-refractivity contribution < 1.29 is 14.0 Å². The summed E-state index contributed by atoms with van der Waals surface area (Å²) >= 11 is 0. The summed E-state index contributed by atoms with van der Waals surface area (Å²) in [6.45, 7) is 3.70. The summed E-state index contributed by atoms with van der Waals surface area (Å²) in [6.07, 6.45) is 1.82. The zero-order valence-corrected chi connectivity index (χ0v) is 16.5. The number of carbonyl (C=O) groups excluding carboxylic acids is 2. The molecule has 0 saturated carbocycles. The Hall–Kier alpha value is -3.08. The molecule has 0 saturated heterocycles.